The monoisotopic (exact) mass is 478 g/mol. The van der Waals surface area contributed by atoms with Crippen LogP contribution in [0.25, 0.3) is 22.0 Å². The Balaban J connectivity index is 1.41. The number of nitrogens with one attached hydrogen (secondary N) is 2. The molecular formula is C23H22N6O4S. The van der Waals surface area contributed by atoms with Crippen molar-refractivity contribution in [2.75, 3.05) is 42.8 Å². The molecule has 11 heteroatoms. The Bertz CT molecular complexity index is 1460. The lowest BCUT2D eigenvalue weighted by atomic mass is 10.0. The van der Waals surface area contributed by atoms with Crippen molar-refractivity contribution in [3.63, 3.8) is 0 Å². The Hall–Kier alpha value is -3.83. The van der Waals surface area contributed by atoms with E-state index in [0.717, 1.165) is 41.7 Å². The van der Waals surface area contributed by atoms with Crippen LogP contribution in [-0.4, -0.2) is 67.0 Å². The highest BCUT2D eigenvalue weighted by molar-refractivity contribution is 7.90. The predicted octanol–water partition coefficient (Wildman–Crippen LogP) is 2.51. The van der Waals surface area contributed by atoms with E-state index in [1.54, 1.807) is 6.20 Å². The quantitative estimate of drug-likeness (QED) is 0.448. The van der Waals surface area contributed by atoms with Crippen LogP contribution in [0.2, 0.25) is 0 Å². The minimum absolute atomic E-state index is 0.0618. The highest BCUT2D eigenvalue weighted by atomic mass is 32.2. The number of hydrogen-bond donors (Lipinski definition) is 2. The largest absolute Gasteiger partial charge is 0.378 e. The van der Waals surface area contributed by atoms with Crippen LogP contribution in [0.3, 0.4) is 0 Å². The van der Waals surface area contributed by atoms with Gasteiger partial charge in [-0.05, 0) is 35.9 Å². The third-order valence-electron chi connectivity index (χ3n) is 5.59. The van der Waals surface area contributed by atoms with Gasteiger partial charge in [0.15, 0.2) is 20.6 Å². The van der Waals surface area contributed by atoms with Crippen LogP contribution in [0.5, 0.6) is 0 Å². The molecule has 34 heavy (non-hydrogen) atoms. The highest BCUT2D eigenvalue weighted by Gasteiger charge is 2.17. The summed E-state index contributed by atoms with van der Waals surface area (Å²) < 4.78 is 28.6. The zero-order valence-corrected chi connectivity index (χ0v) is 19.2. The Morgan fingerprint density at radius 2 is 1.88 bits per heavy atom. The van der Waals surface area contributed by atoms with Gasteiger partial charge in [0.1, 0.15) is 0 Å². The second-order valence-electron chi connectivity index (χ2n) is 7.98. The Kier molecular flexibility index (Phi) is 5.72. The fourth-order valence-corrected chi connectivity index (χ4v) is 4.37. The number of benzene rings is 1. The number of hydrogen-bond acceptors (Lipinski definition) is 8. The number of nitrogens with zero attached hydrogens (tertiary/aromatic N) is 4. The van der Waals surface area contributed by atoms with Crippen molar-refractivity contribution in [2.45, 2.75) is 5.03 Å². The average molecular weight is 479 g/mol. The summed E-state index contributed by atoms with van der Waals surface area (Å²) in [5.74, 6) is -0.433. The molecule has 0 aliphatic carbocycles. The van der Waals surface area contributed by atoms with E-state index in [4.69, 9.17) is 4.74 Å². The van der Waals surface area contributed by atoms with E-state index in [1.807, 2.05) is 24.4 Å². The molecule has 5 rings (SSSR count). The first kappa shape index (κ1) is 22.0. The molecule has 1 saturated heterocycles. The lowest BCUT2D eigenvalue weighted by molar-refractivity contribution is 0.102. The van der Waals surface area contributed by atoms with E-state index in [0.29, 0.717) is 24.3 Å². The molecule has 0 atom stereocenters. The maximum absolute atomic E-state index is 12.9. The van der Waals surface area contributed by atoms with Gasteiger partial charge in [-0.1, -0.05) is 6.07 Å². The number of H-pyrrole nitrogens is 1. The molecule has 1 fully saturated rings. The summed E-state index contributed by atoms with van der Waals surface area (Å²) in [6.45, 7) is 3.01. The van der Waals surface area contributed by atoms with Crippen molar-refractivity contribution in [3.8, 4) is 11.1 Å². The summed E-state index contributed by atoms with van der Waals surface area (Å²) >= 11 is 0. The first-order chi connectivity index (χ1) is 16.4. The van der Waals surface area contributed by atoms with Crippen molar-refractivity contribution in [2.24, 2.45) is 0 Å². The van der Waals surface area contributed by atoms with Gasteiger partial charge in [-0.3, -0.25) is 14.9 Å². The Labute approximate surface area is 195 Å². The van der Waals surface area contributed by atoms with Gasteiger partial charge < -0.3 is 15.0 Å². The van der Waals surface area contributed by atoms with Crippen LogP contribution in [0.15, 0.2) is 60.0 Å². The number of pyridine rings is 2. The predicted molar refractivity (Wildman–Crippen MR) is 128 cm³/mol. The molecule has 0 radical (unpaired) electrons. The number of ether oxygens (including phenoxy) is 1. The van der Waals surface area contributed by atoms with Crippen molar-refractivity contribution < 1.29 is 17.9 Å². The van der Waals surface area contributed by atoms with E-state index in [9.17, 15) is 13.2 Å². The summed E-state index contributed by atoms with van der Waals surface area (Å²) in [6, 6.07) is 10.6. The Morgan fingerprint density at radius 1 is 1.06 bits per heavy atom. The van der Waals surface area contributed by atoms with Crippen molar-refractivity contribution in [1.82, 2.24) is 20.2 Å². The number of carbonyl (C=O) groups is 1. The standard InChI is InChI=1S/C23H22N6O4S/c1-34(31,32)21-5-3-17(13-25-21)26-23(30)22-19-11-15(2-4-20(19)27-28-22)16-10-18(14-24-12-16)29-6-8-33-9-7-29/h2-5,10-14H,6-9H2,1H3,(H,26,30)(H,27,28). The smallest absolute Gasteiger partial charge is 0.276 e. The number of fused-ring (bicyclic) bond motifs is 1. The fourth-order valence-electron chi connectivity index (χ4n) is 3.81. The Morgan fingerprint density at radius 3 is 2.62 bits per heavy atom. The first-order valence-electron chi connectivity index (χ1n) is 10.6. The number of sulfone groups is 1. The number of carbonyl (C=O) groups excluding carboxylic acids is 1. The van der Waals surface area contributed by atoms with Gasteiger partial charge in [0.2, 0.25) is 0 Å². The number of rotatable bonds is 5. The van der Waals surface area contributed by atoms with Crippen LogP contribution < -0.4 is 10.2 Å². The molecule has 3 aromatic heterocycles. The van der Waals surface area contributed by atoms with Crippen LogP contribution in [0.4, 0.5) is 11.4 Å². The van der Waals surface area contributed by atoms with E-state index < -0.39 is 15.7 Å². The van der Waals surface area contributed by atoms with Gasteiger partial charge >= 0.3 is 0 Å². The average Bonchev–Trinajstić information content (AvgIpc) is 3.28. The molecule has 0 spiro atoms. The molecule has 2 N–H and O–H groups in total. The van der Waals surface area contributed by atoms with Crippen LogP contribution in [0.1, 0.15) is 10.5 Å². The third-order valence-corrected chi connectivity index (χ3v) is 6.59. The van der Waals surface area contributed by atoms with E-state index >= 15 is 0 Å². The zero-order valence-electron chi connectivity index (χ0n) is 18.4. The molecule has 1 aromatic carbocycles. The number of aromatic nitrogens is 4. The maximum atomic E-state index is 12.9. The molecule has 0 saturated carbocycles. The normalized spacial score (nSPS) is 14.3. The second-order valence-corrected chi connectivity index (χ2v) is 9.94. The summed E-state index contributed by atoms with van der Waals surface area (Å²) in [4.78, 5) is 23.4. The second kappa shape index (κ2) is 8.84. The first-order valence-corrected chi connectivity index (χ1v) is 12.5. The molecule has 4 aromatic rings. The van der Waals surface area contributed by atoms with Crippen molar-refractivity contribution in [3.05, 3.63) is 60.7 Å². The summed E-state index contributed by atoms with van der Waals surface area (Å²) in [6.07, 6.45) is 6.01. The minimum atomic E-state index is -3.42. The van der Waals surface area contributed by atoms with Gasteiger partial charge in [-0.15, -0.1) is 0 Å². The zero-order chi connectivity index (χ0) is 23.7. The molecular weight excluding hydrogens is 456 g/mol. The highest BCUT2D eigenvalue weighted by Crippen LogP contribution is 2.28. The van der Waals surface area contributed by atoms with Gasteiger partial charge in [0, 0.05) is 36.5 Å². The number of anilines is 2. The van der Waals surface area contributed by atoms with E-state index in [2.05, 4.69) is 36.4 Å². The number of morpholine rings is 1. The lowest BCUT2D eigenvalue weighted by Crippen LogP contribution is -2.36. The third kappa shape index (κ3) is 4.47. The molecule has 0 bridgehead atoms. The molecule has 1 amide bonds. The van der Waals surface area contributed by atoms with E-state index in [-0.39, 0.29) is 10.7 Å². The van der Waals surface area contributed by atoms with Crippen LogP contribution in [0, 0.1) is 0 Å². The molecule has 174 valence electrons. The minimum Gasteiger partial charge on any atom is -0.378 e. The fraction of sp³-hybridized carbons (Fsp3) is 0.217. The summed E-state index contributed by atoms with van der Waals surface area (Å²) in [5, 5.41) is 10.4. The van der Waals surface area contributed by atoms with E-state index in [1.165, 1.54) is 18.3 Å². The molecule has 1 aliphatic rings. The molecule has 10 nitrogen and oxygen atoms in total. The van der Waals surface area contributed by atoms with Crippen LogP contribution in [-0.2, 0) is 14.6 Å². The van der Waals surface area contributed by atoms with Gasteiger partial charge in [-0.25, -0.2) is 13.4 Å². The molecule has 0 unspecified atom stereocenters. The summed E-state index contributed by atoms with van der Waals surface area (Å²) in [5.41, 5.74) is 4.17. The van der Waals surface area contributed by atoms with Gasteiger partial charge in [0.05, 0.1) is 42.5 Å². The SMILES string of the molecule is CS(=O)(=O)c1ccc(NC(=O)c2n[nH]c3ccc(-c4cncc(N5CCOCC5)c4)cc23)cn1. The molecule has 1 aliphatic heterocycles. The van der Waals surface area contributed by atoms with Crippen molar-refractivity contribution in [1.29, 1.82) is 0 Å². The van der Waals surface area contributed by atoms with Gasteiger partial charge in [-0.2, -0.15) is 5.10 Å². The van der Waals surface area contributed by atoms with Crippen molar-refractivity contribution >= 4 is 38.0 Å². The topological polar surface area (TPSA) is 130 Å². The summed E-state index contributed by atoms with van der Waals surface area (Å²) in [7, 11) is -3.42. The van der Waals surface area contributed by atoms with Gasteiger partial charge in [0.25, 0.3) is 5.91 Å². The number of amides is 1. The number of aromatic amines is 1. The van der Waals surface area contributed by atoms with Crippen LogP contribution >= 0.6 is 0 Å². The maximum Gasteiger partial charge on any atom is 0.276 e. The molecule has 4 heterocycles. The lowest BCUT2D eigenvalue weighted by Gasteiger charge is -2.28.